The van der Waals surface area contributed by atoms with Crippen LogP contribution in [0.25, 0.3) is 0 Å². The van der Waals surface area contributed by atoms with Crippen molar-refractivity contribution < 1.29 is 43.1 Å². The highest BCUT2D eigenvalue weighted by Crippen LogP contribution is 2.31. The van der Waals surface area contributed by atoms with Gasteiger partial charge in [0.1, 0.15) is 18.1 Å². The van der Waals surface area contributed by atoms with Crippen molar-refractivity contribution in [2.75, 3.05) is 13.1 Å². The highest BCUT2D eigenvalue weighted by molar-refractivity contribution is 7.15. The second-order valence-corrected chi connectivity index (χ2v) is 16.2. The number of amides is 6. The Labute approximate surface area is 342 Å². The molecule has 58 heavy (non-hydrogen) atoms. The molecule has 15 nitrogen and oxygen atoms in total. The van der Waals surface area contributed by atoms with Crippen LogP contribution in [0.15, 0.2) is 54.6 Å². The normalized spacial score (nSPS) is 18.6. The van der Waals surface area contributed by atoms with Crippen molar-refractivity contribution >= 4 is 56.4 Å². The number of ketones is 2. The topological polar surface area (TPSA) is 209 Å². The van der Waals surface area contributed by atoms with Crippen LogP contribution in [0, 0.1) is 5.92 Å². The molecule has 2 aromatic carbocycles. The zero-order valence-electron chi connectivity index (χ0n) is 33.9. The molecule has 0 bridgehead atoms. The zero-order valence-corrected chi connectivity index (χ0v) is 35.1. The summed E-state index contributed by atoms with van der Waals surface area (Å²) in [5.41, 5.74) is 0.252. The molecule has 1 saturated heterocycles. The largest absolute Gasteiger partial charge is 0.371 e. The van der Waals surface area contributed by atoms with Gasteiger partial charge in [-0.25, -0.2) is 0 Å². The lowest BCUT2D eigenvalue weighted by molar-refractivity contribution is -0.143. The lowest BCUT2D eigenvalue weighted by Gasteiger charge is -2.35. The summed E-state index contributed by atoms with van der Waals surface area (Å²) in [5, 5.41) is 12.9. The van der Waals surface area contributed by atoms with Crippen molar-refractivity contribution in [3.63, 3.8) is 0 Å². The predicted octanol–water partition coefficient (Wildman–Crippen LogP) is 3.09. The molecule has 2 fully saturated rings. The molecular formula is C42H57N6O9P. The minimum absolute atomic E-state index is 0.0397. The number of carbonyl (C=O) groups is 8. The Kier molecular flexibility index (Phi) is 16.6. The van der Waals surface area contributed by atoms with Crippen LogP contribution in [-0.4, -0.2) is 94.8 Å². The number of nitrogens with one attached hydrogen (secondary N) is 5. The average Bonchev–Trinajstić information content (AvgIpc) is 3.63. The van der Waals surface area contributed by atoms with E-state index in [0.717, 1.165) is 19.3 Å². The van der Waals surface area contributed by atoms with Gasteiger partial charge in [0.15, 0.2) is 5.78 Å². The van der Waals surface area contributed by atoms with Gasteiger partial charge in [-0.2, -0.15) is 0 Å². The zero-order chi connectivity index (χ0) is 42.6. The molecule has 4 rings (SSSR count). The highest BCUT2D eigenvalue weighted by atomic mass is 31.0. The van der Waals surface area contributed by atoms with Crippen LogP contribution in [0.4, 0.5) is 0 Å². The first-order valence-electron chi connectivity index (χ1n) is 19.9. The molecule has 1 heterocycles. The summed E-state index contributed by atoms with van der Waals surface area (Å²) in [5.74, 6) is -5.59. The smallest absolute Gasteiger partial charge is 0.290 e. The number of benzene rings is 2. The molecule has 0 aromatic heterocycles. The SMILES string of the molecule is CCCC(NC(=O)C1CC(OC(C)(C)C)CN1C(=O)C(NC(=O)c1ccccc1C(C)=O)C1CCCCC1)C(=O)C(=O)NCC(=O)NC(C(=O)NP)c1ccccc1. The van der Waals surface area contributed by atoms with Gasteiger partial charge in [0.2, 0.25) is 29.4 Å². The molecule has 0 spiro atoms. The second-order valence-electron chi connectivity index (χ2n) is 15.9. The van der Waals surface area contributed by atoms with E-state index in [1.54, 1.807) is 55.5 Å². The van der Waals surface area contributed by atoms with E-state index in [0.29, 0.717) is 24.8 Å². The van der Waals surface area contributed by atoms with E-state index >= 15 is 0 Å². The predicted molar refractivity (Wildman–Crippen MR) is 219 cm³/mol. The Morgan fingerprint density at radius 3 is 2.10 bits per heavy atom. The quantitative estimate of drug-likeness (QED) is 0.0902. The minimum Gasteiger partial charge on any atom is -0.371 e. The number of ether oxygens (including phenoxy) is 1. The maximum atomic E-state index is 14.7. The van der Waals surface area contributed by atoms with Crippen LogP contribution in [-0.2, 0) is 33.5 Å². The summed E-state index contributed by atoms with van der Waals surface area (Å²) in [6.07, 6.45) is 4.10. The monoisotopic (exact) mass is 820 g/mol. The molecule has 16 heteroatoms. The summed E-state index contributed by atoms with van der Waals surface area (Å²) >= 11 is 0. The van der Waals surface area contributed by atoms with Gasteiger partial charge in [0.05, 0.1) is 29.9 Å². The summed E-state index contributed by atoms with van der Waals surface area (Å²) in [6.45, 7) is 8.14. The highest BCUT2D eigenvalue weighted by Gasteiger charge is 2.46. The van der Waals surface area contributed by atoms with Gasteiger partial charge in [0.25, 0.3) is 11.8 Å². The number of hydrogen-bond donors (Lipinski definition) is 5. The van der Waals surface area contributed by atoms with E-state index in [2.05, 4.69) is 35.7 Å². The Hall–Kier alpha value is -5.01. The van der Waals surface area contributed by atoms with Gasteiger partial charge in [-0.15, -0.1) is 0 Å². The van der Waals surface area contributed by atoms with Crippen LogP contribution < -0.4 is 26.4 Å². The molecule has 1 saturated carbocycles. The molecule has 6 atom stereocenters. The summed E-state index contributed by atoms with van der Waals surface area (Å²) < 4.78 is 6.25. The standard InChI is InChI=1S/C42H57N6O9P/c1-6-15-31(36(51)40(55)43-23-33(50)45-34(39(54)47-58)26-16-9-7-10-17-26)44-38(53)32-22-28(57-42(3,4)5)24-48(32)41(56)35(27-18-11-8-12-19-27)46-37(52)30-21-14-13-20-29(30)25(2)49/h7,9-10,13-14,16-17,20-21,27-28,31-32,34-35H,6,8,11-12,15,18-19,22-24,58H2,1-5H3,(H,43,55)(H,44,53)(H,45,50)(H,46,52)(H,47,54). The summed E-state index contributed by atoms with van der Waals surface area (Å²) in [4.78, 5) is 108. The van der Waals surface area contributed by atoms with Crippen molar-refractivity contribution in [3.05, 3.63) is 71.3 Å². The maximum absolute atomic E-state index is 14.7. The lowest BCUT2D eigenvalue weighted by atomic mass is 9.83. The van der Waals surface area contributed by atoms with E-state index in [1.165, 1.54) is 17.9 Å². The molecule has 314 valence electrons. The first-order valence-corrected chi connectivity index (χ1v) is 20.5. The number of hydrogen-bond acceptors (Lipinski definition) is 9. The van der Waals surface area contributed by atoms with Crippen LogP contribution in [0.1, 0.15) is 118 Å². The van der Waals surface area contributed by atoms with Crippen molar-refractivity contribution in [3.8, 4) is 0 Å². The van der Waals surface area contributed by atoms with E-state index in [1.807, 2.05) is 20.8 Å². The van der Waals surface area contributed by atoms with Crippen LogP contribution in [0.3, 0.4) is 0 Å². The maximum Gasteiger partial charge on any atom is 0.290 e. The summed E-state index contributed by atoms with van der Waals surface area (Å²) in [7, 11) is 2.07. The van der Waals surface area contributed by atoms with Crippen molar-refractivity contribution in [2.45, 2.75) is 122 Å². The Balaban J connectivity index is 1.52. The van der Waals surface area contributed by atoms with Gasteiger partial charge in [-0.05, 0) is 73.9 Å². The van der Waals surface area contributed by atoms with Gasteiger partial charge < -0.3 is 36.0 Å². The molecule has 0 radical (unpaired) electrons. The molecule has 5 N–H and O–H groups in total. The minimum atomic E-state index is -1.28. The molecule has 1 aliphatic carbocycles. The fraction of sp³-hybridized carbons (Fsp3) is 0.524. The summed E-state index contributed by atoms with van der Waals surface area (Å²) in [6, 6.07) is 10.4. The Morgan fingerprint density at radius 1 is 0.862 bits per heavy atom. The van der Waals surface area contributed by atoms with E-state index in [9.17, 15) is 38.4 Å². The van der Waals surface area contributed by atoms with Crippen molar-refractivity contribution in [2.24, 2.45) is 5.92 Å². The Morgan fingerprint density at radius 2 is 1.50 bits per heavy atom. The van der Waals surface area contributed by atoms with Crippen LogP contribution in [0.2, 0.25) is 0 Å². The molecule has 1 aliphatic heterocycles. The number of likely N-dealkylation sites (tertiary alicyclic amines) is 1. The third kappa shape index (κ3) is 12.5. The van der Waals surface area contributed by atoms with Crippen molar-refractivity contribution in [1.82, 2.24) is 31.3 Å². The van der Waals surface area contributed by atoms with Crippen molar-refractivity contribution in [1.29, 1.82) is 0 Å². The third-order valence-corrected chi connectivity index (χ3v) is 10.6. The molecule has 2 aromatic rings. The van der Waals surface area contributed by atoms with E-state index in [4.69, 9.17) is 4.74 Å². The van der Waals surface area contributed by atoms with E-state index < -0.39 is 83.6 Å². The Bertz CT molecular complexity index is 1830. The number of Topliss-reactive ketones (excluding diaryl/α,β-unsaturated/α-hetero) is 2. The molecule has 6 amide bonds. The van der Waals surface area contributed by atoms with Gasteiger partial charge >= 0.3 is 0 Å². The fourth-order valence-electron chi connectivity index (χ4n) is 7.58. The lowest BCUT2D eigenvalue weighted by Crippen LogP contribution is -2.58. The first-order chi connectivity index (χ1) is 27.5. The molecule has 2 aliphatic rings. The number of rotatable bonds is 17. The van der Waals surface area contributed by atoms with Gasteiger partial charge in [-0.3, -0.25) is 38.4 Å². The van der Waals surface area contributed by atoms with Crippen LogP contribution in [0.5, 0.6) is 0 Å². The van der Waals surface area contributed by atoms with Gasteiger partial charge in [-0.1, -0.05) is 81.1 Å². The first kappa shape index (κ1) is 45.7. The fourth-order valence-corrected chi connectivity index (χ4v) is 7.75. The number of carbonyl (C=O) groups excluding carboxylic acids is 8. The molecule has 6 unspecified atom stereocenters. The van der Waals surface area contributed by atoms with Crippen LogP contribution >= 0.6 is 9.39 Å². The average molecular weight is 821 g/mol. The van der Waals surface area contributed by atoms with Gasteiger partial charge in [0, 0.05) is 18.5 Å². The second kappa shape index (κ2) is 21.1. The third-order valence-electron chi connectivity index (χ3n) is 10.3. The molecular weight excluding hydrogens is 763 g/mol. The van der Waals surface area contributed by atoms with E-state index in [-0.39, 0.29) is 42.2 Å². The number of nitrogens with zero attached hydrogens (tertiary/aromatic N) is 1.